The van der Waals surface area contributed by atoms with E-state index in [1.807, 2.05) is 67.6 Å². The summed E-state index contributed by atoms with van der Waals surface area (Å²) in [4.78, 5) is 0.216. The van der Waals surface area contributed by atoms with Gasteiger partial charge in [-0.05, 0) is 24.6 Å². The van der Waals surface area contributed by atoms with Crippen LogP contribution in [0.4, 0.5) is 0 Å². The van der Waals surface area contributed by atoms with Gasteiger partial charge < -0.3 is 0 Å². The Morgan fingerprint density at radius 2 is 1.30 bits per heavy atom. The molecule has 0 bridgehead atoms. The second kappa shape index (κ2) is 6.85. The largest absolute Gasteiger partial charge is 0.283 e. The third-order valence-corrected chi connectivity index (χ3v) is 6.02. The van der Waals surface area contributed by atoms with Crippen LogP contribution in [0, 0.1) is 6.92 Å². The smallest absolute Gasteiger partial charge is 0.199 e. The molecule has 0 unspecified atom stereocenters. The van der Waals surface area contributed by atoms with E-state index in [2.05, 4.69) is 5.10 Å². The van der Waals surface area contributed by atoms with Crippen molar-refractivity contribution in [2.24, 2.45) is 0 Å². The molecule has 0 spiro atoms. The molecule has 0 aliphatic carbocycles. The van der Waals surface area contributed by atoms with Crippen LogP contribution in [0.2, 0.25) is 0 Å². The minimum atomic E-state index is -3.82. The molecule has 1 heterocycles. The lowest BCUT2D eigenvalue weighted by atomic mass is 10.0. The zero-order valence-corrected chi connectivity index (χ0v) is 15.6. The van der Waals surface area contributed by atoms with Crippen LogP contribution in [0.15, 0.2) is 96.0 Å². The number of rotatable bonds is 4. The van der Waals surface area contributed by atoms with E-state index < -0.39 is 10.0 Å². The van der Waals surface area contributed by atoms with E-state index in [-0.39, 0.29) is 4.90 Å². The van der Waals surface area contributed by atoms with Gasteiger partial charge in [0, 0.05) is 11.1 Å². The van der Waals surface area contributed by atoms with Crippen LogP contribution in [-0.4, -0.2) is 17.6 Å². The molecule has 1 aromatic heterocycles. The van der Waals surface area contributed by atoms with Gasteiger partial charge in [-0.3, -0.25) is 0 Å². The first-order valence-electron chi connectivity index (χ1n) is 8.58. The average Bonchev–Trinajstić information content (AvgIpc) is 3.16. The highest BCUT2D eigenvalue weighted by molar-refractivity contribution is 7.90. The fraction of sp³-hybridized carbons (Fsp3) is 0.0455. The lowest BCUT2D eigenvalue weighted by Gasteiger charge is -2.11. The lowest BCUT2D eigenvalue weighted by Crippen LogP contribution is -2.16. The Morgan fingerprint density at radius 3 is 1.89 bits per heavy atom. The number of hydrogen-bond acceptors (Lipinski definition) is 3. The SMILES string of the molecule is Cc1ccc(S(=O)(=O)n2ncc(-c3ccccc3)c2-c2ccccc2)cc1. The van der Waals surface area contributed by atoms with Crippen molar-refractivity contribution in [2.45, 2.75) is 11.8 Å². The van der Waals surface area contributed by atoms with Crippen LogP contribution in [0.5, 0.6) is 0 Å². The minimum Gasteiger partial charge on any atom is -0.199 e. The summed E-state index contributed by atoms with van der Waals surface area (Å²) in [5, 5.41) is 4.27. The molecule has 4 rings (SSSR count). The normalized spacial score (nSPS) is 11.4. The molecule has 0 saturated heterocycles. The molecule has 3 aromatic carbocycles. The van der Waals surface area contributed by atoms with Gasteiger partial charge >= 0.3 is 0 Å². The maximum Gasteiger partial charge on any atom is 0.283 e. The Hall–Kier alpha value is -3.18. The topological polar surface area (TPSA) is 52.0 Å². The van der Waals surface area contributed by atoms with E-state index in [0.717, 1.165) is 26.3 Å². The van der Waals surface area contributed by atoms with Crippen molar-refractivity contribution in [3.63, 3.8) is 0 Å². The van der Waals surface area contributed by atoms with E-state index in [1.165, 1.54) is 0 Å². The van der Waals surface area contributed by atoms with Crippen molar-refractivity contribution >= 4 is 10.0 Å². The highest BCUT2D eigenvalue weighted by Gasteiger charge is 2.25. The Labute approximate surface area is 158 Å². The number of benzene rings is 3. The molecule has 27 heavy (non-hydrogen) atoms. The van der Waals surface area contributed by atoms with Crippen LogP contribution in [0.3, 0.4) is 0 Å². The summed E-state index contributed by atoms with van der Waals surface area (Å²) in [6.45, 7) is 1.92. The molecule has 0 aliphatic rings. The summed E-state index contributed by atoms with van der Waals surface area (Å²) >= 11 is 0. The molecule has 4 nitrogen and oxygen atoms in total. The average molecular weight is 374 g/mol. The molecule has 0 saturated carbocycles. The van der Waals surface area contributed by atoms with Gasteiger partial charge in [0.1, 0.15) is 0 Å². The van der Waals surface area contributed by atoms with Crippen molar-refractivity contribution < 1.29 is 8.42 Å². The number of hydrogen-bond donors (Lipinski definition) is 0. The van der Waals surface area contributed by atoms with Crippen LogP contribution in [-0.2, 0) is 10.0 Å². The van der Waals surface area contributed by atoms with Gasteiger partial charge in [-0.15, -0.1) is 0 Å². The maximum atomic E-state index is 13.3. The molecule has 0 amide bonds. The molecular weight excluding hydrogens is 356 g/mol. The van der Waals surface area contributed by atoms with Crippen LogP contribution < -0.4 is 0 Å². The monoisotopic (exact) mass is 374 g/mol. The standard InChI is InChI=1S/C22H18N2O2S/c1-17-12-14-20(15-13-17)27(25,26)24-22(19-10-6-3-7-11-19)21(16-23-24)18-8-4-2-5-9-18/h2-16H,1H3. The fourth-order valence-corrected chi connectivity index (χ4v) is 4.31. The molecule has 134 valence electrons. The van der Waals surface area contributed by atoms with E-state index in [4.69, 9.17) is 0 Å². The summed E-state index contributed by atoms with van der Waals surface area (Å²) in [5.41, 5.74) is 4.05. The summed E-state index contributed by atoms with van der Waals surface area (Å²) < 4.78 is 27.7. The van der Waals surface area contributed by atoms with Gasteiger partial charge in [0.05, 0.1) is 16.8 Å². The van der Waals surface area contributed by atoms with E-state index in [9.17, 15) is 8.42 Å². The molecule has 4 aromatic rings. The predicted molar refractivity (Wildman–Crippen MR) is 107 cm³/mol. The summed E-state index contributed by atoms with van der Waals surface area (Å²) in [6, 6.07) is 26.0. The number of nitrogens with zero attached hydrogens (tertiary/aromatic N) is 2. The van der Waals surface area contributed by atoms with Crippen molar-refractivity contribution in [3.05, 3.63) is 96.7 Å². The molecule has 0 radical (unpaired) electrons. The van der Waals surface area contributed by atoms with E-state index >= 15 is 0 Å². The first-order valence-corrected chi connectivity index (χ1v) is 10.0. The summed E-state index contributed by atoms with van der Waals surface area (Å²) in [7, 11) is -3.82. The van der Waals surface area contributed by atoms with E-state index in [0.29, 0.717) is 5.69 Å². The molecule has 0 atom stereocenters. The van der Waals surface area contributed by atoms with Crippen molar-refractivity contribution in [1.82, 2.24) is 9.19 Å². The zero-order valence-electron chi connectivity index (χ0n) is 14.8. The van der Waals surface area contributed by atoms with Gasteiger partial charge in [0.2, 0.25) is 0 Å². The first-order chi connectivity index (χ1) is 13.1. The maximum absolute atomic E-state index is 13.3. The molecular formula is C22H18N2O2S. The van der Waals surface area contributed by atoms with Gasteiger partial charge in [0.15, 0.2) is 0 Å². The molecule has 0 aliphatic heterocycles. The van der Waals surface area contributed by atoms with Gasteiger partial charge in [0.25, 0.3) is 10.0 Å². The highest BCUT2D eigenvalue weighted by atomic mass is 32.2. The summed E-state index contributed by atoms with van der Waals surface area (Å²) in [6.07, 6.45) is 1.61. The van der Waals surface area contributed by atoms with Crippen LogP contribution in [0.1, 0.15) is 5.56 Å². The number of aromatic nitrogens is 2. The lowest BCUT2D eigenvalue weighted by molar-refractivity contribution is 0.581. The Bertz CT molecular complexity index is 1160. The third kappa shape index (κ3) is 3.17. The zero-order chi connectivity index (χ0) is 18.9. The van der Waals surface area contributed by atoms with Gasteiger partial charge in [-0.2, -0.15) is 17.6 Å². The second-order valence-electron chi connectivity index (χ2n) is 6.30. The Balaban J connectivity index is 1.97. The van der Waals surface area contributed by atoms with E-state index in [1.54, 1.807) is 30.5 Å². The fourth-order valence-electron chi connectivity index (χ4n) is 3.02. The van der Waals surface area contributed by atoms with Crippen molar-refractivity contribution in [2.75, 3.05) is 0 Å². The predicted octanol–water partition coefficient (Wildman–Crippen LogP) is 4.76. The Morgan fingerprint density at radius 1 is 0.741 bits per heavy atom. The first kappa shape index (κ1) is 17.2. The minimum absolute atomic E-state index is 0.216. The quantitative estimate of drug-likeness (QED) is 0.517. The van der Waals surface area contributed by atoms with Crippen molar-refractivity contribution in [1.29, 1.82) is 0 Å². The second-order valence-corrected chi connectivity index (χ2v) is 8.07. The summed E-state index contributed by atoms with van der Waals surface area (Å²) in [5.74, 6) is 0. The number of aryl methyl sites for hydroxylation is 1. The molecule has 0 fully saturated rings. The third-order valence-electron chi connectivity index (χ3n) is 4.42. The Kier molecular flexibility index (Phi) is 4.38. The molecule has 5 heteroatoms. The van der Waals surface area contributed by atoms with Gasteiger partial charge in [-0.25, -0.2) is 0 Å². The highest BCUT2D eigenvalue weighted by Crippen LogP contribution is 2.34. The van der Waals surface area contributed by atoms with Gasteiger partial charge in [-0.1, -0.05) is 78.4 Å². The molecule has 0 N–H and O–H groups in total. The van der Waals surface area contributed by atoms with Crippen LogP contribution in [0.25, 0.3) is 22.4 Å². The van der Waals surface area contributed by atoms with Crippen molar-refractivity contribution in [3.8, 4) is 22.4 Å². The van der Waals surface area contributed by atoms with Crippen LogP contribution >= 0.6 is 0 Å².